The summed E-state index contributed by atoms with van der Waals surface area (Å²) in [5.74, 6) is -1.01. The van der Waals surface area contributed by atoms with E-state index in [1.165, 1.54) is 30.3 Å². The highest BCUT2D eigenvalue weighted by Gasteiger charge is 2.20. The maximum absolute atomic E-state index is 13.3. The fraction of sp³-hybridized carbons (Fsp3) is 0.136. The molecule has 0 fully saturated rings. The van der Waals surface area contributed by atoms with Crippen LogP contribution in [0.25, 0.3) is 0 Å². The molecule has 0 unspecified atom stereocenters. The lowest BCUT2D eigenvalue weighted by atomic mass is 10.1. The van der Waals surface area contributed by atoms with E-state index in [0.29, 0.717) is 11.3 Å². The Hall–Kier alpha value is -3.19. The molecule has 3 aromatic carbocycles. The molecule has 150 valence electrons. The van der Waals surface area contributed by atoms with Crippen molar-refractivity contribution in [3.8, 4) is 0 Å². The van der Waals surface area contributed by atoms with Crippen molar-refractivity contribution in [2.75, 3.05) is 10.0 Å². The number of hydrogen-bond acceptors (Lipinski definition) is 3. The van der Waals surface area contributed by atoms with E-state index >= 15 is 0 Å². The van der Waals surface area contributed by atoms with Crippen LogP contribution < -0.4 is 10.0 Å². The average molecular weight is 412 g/mol. The number of benzene rings is 3. The summed E-state index contributed by atoms with van der Waals surface area (Å²) in [7, 11) is -3.91. The molecule has 1 amide bonds. The van der Waals surface area contributed by atoms with Gasteiger partial charge in [0, 0.05) is 11.3 Å². The first-order valence-electron chi connectivity index (χ1n) is 8.94. The fourth-order valence-corrected chi connectivity index (χ4v) is 4.26. The number of halogens is 1. The predicted octanol–water partition coefficient (Wildman–Crippen LogP) is 4.80. The largest absolute Gasteiger partial charge is 0.322 e. The number of sulfonamides is 1. The van der Waals surface area contributed by atoms with Gasteiger partial charge < -0.3 is 5.32 Å². The molecule has 0 radical (unpaired) electrons. The second-order valence-electron chi connectivity index (χ2n) is 6.80. The first-order chi connectivity index (χ1) is 13.7. The molecule has 0 atom stereocenters. The highest BCUT2D eigenvalue weighted by atomic mass is 32.2. The zero-order valence-corrected chi connectivity index (χ0v) is 17.1. The summed E-state index contributed by atoms with van der Waals surface area (Å²) in [6.07, 6.45) is 0. The number of carbonyl (C=O) groups is 1. The Morgan fingerprint density at radius 3 is 2.34 bits per heavy atom. The van der Waals surface area contributed by atoms with Crippen LogP contribution in [0, 0.1) is 26.6 Å². The van der Waals surface area contributed by atoms with Crippen LogP contribution in [0.15, 0.2) is 65.6 Å². The number of nitrogens with one attached hydrogen (secondary N) is 2. The lowest BCUT2D eigenvalue weighted by Crippen LogP contribution is -2.17. The van der Waals surface area contributed by atoms with E-state index in [9.17, 15) is 17.6 Å². The van der Waals surface area contributed by atoms with E-state index in [-0.39, 0.29) is 16.1 Å². The van der Waals surface area contributed by atoms with Crippen molar-refractivity contribution in [2.45, 2.75) is 25.7 Å². The third-order valence-electron chi connectivity index (χ3n) is 4.67. The molecule has 5 nitrogen and oxygen atoms in total. The smallest absolute Gasteiger partial charge is 0.262 e. The Morgan fingerprint density at radius 2 is 1.62 bits per heavy atom. The van der Waals surface area contributed by atoms with Crippen molar-refractivity contribution in [3.05, 3.63) is 88.7 Å². The van der Waals surface area contributed by atoms with E-state index in [4.69, 9.17) is 0 Å². The molecule has 3 rings (SSSR count). The lowest BCUT2D eigenvalue weighted by Gasteiger charge is -2.14. The number of rotatable bonds is 5. The van der Waals surface area contributed by atoms with Crippen molar-refractivity contribution < 1.29 is 17.6 Å². The number of carbonyl (C=O) groups excluding carboxylic acids is 1. The highest BCUT2D eigenvalue weighted by Crippen LogP contribution is 2.25. The molecule has 0 aromatic heterocycles. The van der Waals surface area contributed by atoms with Gasteiger partial charge in [0.05, 0.1) is 10.6 Å². The third kappa shape index (κ3) is 4.63. The summed E-state index contributed by atoms with van der Waals surface area (Å²) in [5.41, 5.74) is 3.22. The molecule has 0 saturated carbocycles. The summed E-state index contributed by atoms with van der Waals surface area (Å²) >= 11 is 0. The molecule has 3 aromatic rings. The Morgan fingerprint density at radius 1 is 0.897 bits per heavy atom. The SMILES string of the molecule is Cc1ccc(C(=O)Nc2cccc(F)c2)cc1S(=O)(=O)Nc1cccc(C)c1C. The Balaban J connectivity index is 1.91. The molecule has 29 heavy (non-hydrogen) atoms. The summed E-state index contributed by atoms with van der Waals surface area (Å²) in [6, 6.07) is 15.3. The first kappa shape index (κ1) is 20.5. The fourth-order valence-electron chi connectivity index (χ4n) is 2.86. The van der Waals surface area contributed by atoms with Gasteiger partial charge in [-0.1, -0.05) is 24.3 Å². The van der Waals surface area contributed by atoms with Crippen LogP contribution in [0.4, 0.5) is 15.8 Å². The Bertz CT molecular complexity index is 1190. The van der Waals surface area contributed by atoms with Gasteiger partial charge in [-0.2, -0.15) is 0 Å². The van der Waals surface area contributed by atoms with Crippen molar-refractivity contribution >= 4 is 27.3 Å². The van der Waals surface area contributed by atoms with E-state index in [1.807, 2.05) is 19.9 Å². The zero-order chi connectivity index (χ0) is 21.2. The second-order valence-corrected chi connectivity index (χ2v) is 8.45. The molecular formula is C22H21FN2O3S. The van der Waals surface area contributed by atoms with Gasteiger partial charge in [0.25, 0.3) is 15.9 Å². The molecule has 2 N–H and O–H groups in total. The van der Waals surface area contributed by atoms with Crippen LogP contribution in [0.5, 0.6) is 0 Å². The van der Waals surface area contributed by atoms with Crippen LogP contribution >= 0.6 is 0 Å². The summed E-state index contributed by atoms with van der Waals surface area (Å²) in [5, 5.41) is 2.57. The predicted molar refractivity (Wildman–Crippen MR) is 112 cm³/mol. The minimum absolute atomic E-state index is 0.00491. The first-order valence-corrected chi connectivity index (χ1v) is 10.4. The minimum atomic E-state index is -3.91. The maximum atomic E-state index is 13.3. The normalized spacial score (nSPS) is 11.2. The third-order valence-corrected chi connectivity index (χ3v) is 6.18. The molecule has 0 spiro atoms. The van der Waals surface area contributed by atoms with Gasteiger partial charge in [0.15, 0.2) is 0 Å². The Labute approximate surface area is 169 Å². The van der Waals surface area contributed by atoms with Crippen LogP contribution in [0.2, 0.25) is 0 Å². The standard InChI is InChI=1S/C22H21FN2O3S/c1-14-6-4-9-20(16(14)3)25-29(27,28)21-12-17(11-10-15(21)2)22(26)24-19-8-5-7-18(23)13-19/h4-13,25H,1-3H3,(H,24,26). The average Bonchev–Trinajstić information content (AvgIpc) is 2.65. The van der Waals surface area contributed by atoms with Crippen molar-refractivity contribution in [3.63, 3.8) is 0 Å². The number of anilines is 2. The molecule has 0 saturated heterocycles. The van der Waals surface area contributed by atoms with Gasteiger partial charge in [-0.15, -0.1) is 0 Å². The van der Waals surface area contributed by atoms with Crippen LogP contribution in [-0.4, -0.2) is 14.3 Å². The van der Waals surface area contributed by atoms with Crippen molar-refractivity contribution in [2.24, 2.45) is 0 Å². The van der Waals surface area contributed by atoms with Gasteiger partial charge in [-0.3, -0.25) is 9.52 Å². The highest BCUT2D eigenvalue weighted by molar-refractivity contribution is 7.92. The van der Waals surface area contributed by atoms with Crippen LogP contribution in [-0.2, 0) is 10.0 Å². The van der Waals surface area contributed by atoms with E-state index in [2.05, 4.69) is 10.0 Å². The second kappa shape index (κ2) is 8.05. The molecule has 0 heterocycles. The zero-order valence-electron chi connectivity index (χ0n) is 16.3. The summed E-state index contributed by atoms with van der Waals surface area (Å²) in [4.78, 5) is 12.5. The summed E-state index contributed by atoms with van der Waals surface area (Å²) in [6.45, 7) is 5.39. The number of aryl methyl sites for hydroxylation is 2. The quantitative estimate of drug-likeness (QED) is 0.632. The van der Waals surface area contributed by atoms with Crippen LogP contribution in [0.1, 0.15) is 27.0 Å². The van der Waals surface area contributed by atoms with Gasteiger partial charge >= 0.3 is 0 Å². The van der Waals surface area contributed by atoms with E-state index in [1.54, 1.807) is 31.2 Å². The van der Waals surface area contributed by atoms with Crippen molar-refractivity contribution in [1.29, 1.82) is 0 Å². The molecule has 0 bridgehead atoms. The number of amides is 1. The Kier molecular flexibility index (Phi) is 5.70. The molecule has 0 aliphatic heterocycles. The van der Waals surface area contributed by atoms with Gasteiger partial charge in [0.2, 0.25) is 0 Å². The van der Waals surface area contributed by atoms with Gasteiger partial charge in [-0.25, -0.2) is 12.8 Å². The van der Waals surface area contributed by atoms with Gasteiger partial charge in [-0.05, 0) is 73.9 Å². The maximum Gasteiger partial charge on any atom is 0.262 e. The molecular weight excluding hydrogens is 391 g/mol. The van der Waals surface area contributed by atoms with E-state index in [0.717, 1.165) is 11.1 Å². The molecule has 7 heteroatoms. The number of hydrogen-bond donors (Lipinski definition) is 2. The summed E-state index contributed by atoms with van der Waals surface area (Å²) < 4.78 is 41.9. The minimum Gasteiger partial charge on any atom is -0.322 e. The topological polar surface area (TPSA) is 75.3 Å². The van der Waals surface area contributed by atoms with Crippen LogP contribution in [0.3, 0.4) is 0 Å². The van der Waals surface area contributed by atoms with E-state index < -0.39 is 21.7 Å². The monoisotopic (exact) mass is 412 g/mol. The van der Waals surface area contributed by atoms with Gasteiger partial charge in [0.1, 0.15) is 5.82 Å². The molecule has 0 aliphatic rings. The van der Waals surface area contributed by atoms with Crippen molar-refractivity contribution in [1.82, 2.24) is 0 Å². The lowest BCUT2D eigenvalue weighted by molar-refractivity contribution is 0.102. The molecule has 0 aliphatic carbocycles.